The van der Waals surface area contributed by atoms with Crippen molar-refractivity contribution < 1.29 is 9.59 Å². The minimum Gasteiger partial charge on any atom is -0.311 e. The number of para-hydroxylation sites is 1. The van der Waals surface area contributed by atoms with Crippen molar-refractivity contribution in [1.82, 2.24) is 4.90 Å². The van der Waals surface area contributed by atoms with Crippen molar-refractivity contribution in [3.8, 4) is 0 Å². The van der Waals surface area contributed by atoms with Crippen LogP contribution in [0.4, 0.5) is 5.69 Å². The second-order valence-corrected chi connectivity index (χ2v) is 9.52. The lowest BCUT2D eigenvalue weighted by Gasteiger charge is -2.33. The molecule has 2 amide bonds. The van der Waals surface area contributed by atoms with Gasteiger partial charge in [0.1, 0.15) is 0 Å². The molecule has 2 heterocycles. The zero-order valence-electron chi connectivity index (χ0n) is 17.0. The van der Waals surface area contributed by atoms with E-state index in [2.05, 4.69) is 19.1 Å². The Balaban J connectivity index is 1.58. The van der Waals surface area contributed by atoms with E-state index in [9.17, 15) is 9.59 Å². The molecule has 0 unspecified atom stereocenters. The van der Waals surface area contributed by atoms with Crippen LogP contribution in [0.3, 0.4) is 0 Å². The number of fused-ring (bicyclic) bond motifs is 2. The molecule has 0 radical (unpaired) electrons. The lowest BCUT2D eigenvalue weighted by Crippen LogP contribution is -2.50. The number of amides is 2. The number of rotatable bonds is 3. The van der Waals surface area contributed by atoms with Gasteiger partial charge in [0, 0.05) is 28.4 Å². The average molecular weight is 449 g/mol. The molecule has 1 fully saturated rings. The number of carbonyl (C=O) groups is 2. The van der Waals surface area contributed by atoms with Crippen LogP contribution in [0, 0.1) is 6.92 Å². The van der Waals surface area contributed by atoms with Gasteiger partial charge in [-0.25, -0.2) is 0 Å². The summed E-state index contributed by atoms with van der Waals surface area (Å²) >= 11 is 7.55. The number of anilines is 1. The molecule has 0 N–H and O–H groups in total. The number of halogens is 1. The third-order valence-electron chi connectivity index (χ3n) is 6.03. The van der Waals surface area contributed by atoms with Crippen molar-refractivity contribution in [2.75, 3.05) is 17.2 Å². The van der Waals surface area contributed by atoms with Crippen LogP contribution in [0.25, 0.3) is 0 Å². The Kier molecular flexibility index (Phi) is 5.03. The molecule has 6 heteroatoms. The largest absolute Gasteiger partial charge is 0.311 e. The van der Waals surface area contributed by atoms with Crippen molar-refractivity contribution in [3.63, 3.8) is 0 Å². The molecule has 2 aliphatic heterocycles. The van der Waals surface area contributed by atoms with Crippen LogP contribution in [0.15, 0.2) is 72.8 Å². The van der Waals surface area contributed by atoms with Gasteiger partial charge in [0.15, 0.2) is 4.87 Å². The summed E-state index contributed by atoms with van der Waals surface area (Å²) in [5.74, 6) is 0.502. The normalized spacial score (nSPS) is 19.9. The summed E-state index contributed by atoms with van der Waals surface area (Å²) in [6.07, 6.45) is 0. The summed E-state index contributed by atoms with van der Waals surface area (Å²) in [4.78, 5) is 30.0. The van der Waals surface area contributed by atoms with Gasteiger partial charge in [0.05, 0.1) is 12.2 Å². The van der Waals surface area contributed by atoms with Gasteiger partial charge >= 0.3 is 0 Å². The number of hydrogen-bond donors (Lipinski definition) is 0. The highest BCUT2D eigenvalue weighted by Crippen LogP contribution is 2.54. The predicted octanol–water partition coefficient (Wildman–Crippen LogP) is 5.24. The van der Waals surface area contributed by atoms with Gasteiger partial charge < -0.3 is 9.80 Å². The van der Waals surface area contributed by atoms with E-state index < -0.39 is 4.87 Å². The van der Waals surface area contributed by atoms with E-state index in [0.717, 1.165) is 22.4 Å². The SMILES string of the molecule is Cc1ccccc1CN1C(=O)[C@@]2(SCCN2C(=O)c2ccc(Cl)cc2)c2ccccc21. The van der Waals surface area contributed by atoms with Crippen molar-refractivity contribution in [1.29, 1.82) is 0 Å². The van der Waals surface area contributed by atoms with Crippen molar-refractivity contribution in [2.45, 2.75) is 18.3 Å². The first-order chi connectivity index (χ1) is 15.0. The van der Waals surface area contributed by atoms with Gasteiger partial charge in [0.25, 0.3) is 11.8 Å². The van der Waals surface area contributed by atoms with Crippen LogP contribution < -0.4 is 4.90 Å². The Morgan fingerprint density at radius 3 is 2.52 bits per heavy atom. The molecule has 4 nitrogen and oxygen atoms in total. The van der Waals surface area contributed by atoms with Gasteiger partial charge in [-0.1, -0.05) is 54.1 Å². The number of carbonyl (C=O) groups excluding carboxylic acids is 2. The molecule has 3 aromatic carbocycles. The van der Waals surface area contributed by atoms with E-state index in [1.807, 2.05) is 41.3 Å². The van der Waals surface area contributed by atoms with Crippen LogP contribution >= 0.6 is 23.4 Å². The Bertz CT molecular complexity index is 1180. The Morgan fingerprint density at radius 1 is 1.03 bits per heavy atom. The molecule has 1 spiro atoms. The molecule has 1 atom stereocenters. The molecule has 1 saturated heterocycles. The monoisotopic (exact) mass is 448 g/mol. The van der Waals surface area contributed by atoms with Gasteiger partial charge in [-0.2, -0.15) is 0 Å². The summed E-state index contributed by atoms with van der Waals surface area (Å²) in [5.41, 5.74) is 4.54. The Morgan fingerprint density at radius 2 is 1.74 bits per heavy atom. The summed E-state index contributed by atoms with van der Waals surface area (Å²) in [5, 5.41) is 0.578. The second-order valence-electron chi connectivity index (χ2n) is 7.79. The maximum atomic E-state index is 14.0. The highest BCUT2D eigenvalue weighted by Gasteiger charge is 2.59. The van der Waals surface area contributed by atoms with Crippen LogP contribution in [0.1, 0.15) is 27.0 Å². The third-order valence-corrected chi connectivity index (χ3v) is 7.70. The fourth-order valence-electron chi connectivity index (χ4n) is 4.43. The van der Waals surface area contributed by atoms with E-state index in [1.165, 1.54) is 0 Å². The van der Waals surface area contributed by atoms with Gasteiger partial charge in [-0.15, -0.1) is 11.8 Å². The van der Waals surface area contributed by atoms with Crippen molar-refractivity contribution in [3.05, 3.63) is 100 Å². The summed E-state index contributed by atoms with van der Waals surface area (Å²) in [6.45, 7) is 3.05. The molecule has 0 bridgehead atoms. The maximum absolute atomic E-state index is 14.0. The fourth-order valence-corrected chi connectivity index (χ4v) is 6.02. The smallest absolute Gasteiger partial charge is 0.268 e. The first kappa shape index (κ1) is 20.2. The van der Waals surface area contributed by atoms with Crippen LogP contribution in [-0.4, -0.2) is 29.0 Å². The van der Waals surface area contributed by atoms with E-state index in [0.29, 0.717) is 29.4 Å². The molecule has 0 aromatic heterocycles. The number of hydrogen-bond acceptors (Lipinski definition) is 3. The maximum Gasteiger partial charge on any atom is 0.268 e. The number of thioether (sulfide) groups is 1. The molecule has 156 valence electrons. The van der Waals surface area contributed by atoms with Gasteiger partial charge in [-0.3, -0.25) is 9.59 Å². The van der Waals surface area contributed by atoms with Gasteiger partial charge in [-0.05, 0) is 48.4 Å². The molecular weight excluding hydrogens is 428 g/mol. The highest BCUT2D eigenvalue weighted by molar-refractivity contribution is 8.01. The molecular formula is C25H21ClN2O2S. The quantitative estimate of drug-likeness (QED) is 0.550. The van der Waals surface area contributed by atoms with E-state index in [4.69, 9.17) is 11.6 Å². The van der Waals surface area contributed by atoms with Crippen LogP contribution in [-0.2, 0) is 16.2 Å². The molecule has 3 aromatic rings. The molecule has 5 rings (SSSR count). The first-order valence-electron chi connectivity index (χ1n) is 10.2. The number of benzene rings is 3. The van der Waals surface area contributed by atoms with Crippen molar-refractivity contribution in [2.24, 2.45) is 0 Å². The van der Waals surface area contributed by atoms with E-state index in [1.54, 1.807) is 40.9 Å². The average Bonchev–Trinajstić information content (AvgIpc) is 3.32. The third kappa shape index (κ3) is 3.15. The van der Waals surface area contributed by atoms with Crippen LogP contribution in [0.2, 0.25) is 5.02 Å². The van der Waals surface area contributed by atoms with E-state index in [-0.39, 0.29) is 11.8 Å². The lowest BCUT2D eigenvalue weighted by molar-refractivity contribution is -0.123. The second kappa shape index (κ2) is 7.74. The Labute approximate surface area is 190 Å². The molecule has 0 saturated carbocycles. The predicted molar refractivity (Wildman–Crippen MR) is 125 cm³/mol. The van der Waals surface area contributed by atoms with Crippen molar-refractivity contribution >= 4 is 40.9 Å². The van der Waals surface area contributed by atoms with Crippen LogP contribution in [0.5, 0.6) is 0 Å². The first-order valence-corrected chi connectivity index (χ1v) is 11.6. The van der Waals surface area contributed by atoms with E-state index >= 15 is 0 Å². The lowest BCUT2D eigenvalue weighted by atomic mass is 10.0. The molecule has 2 aliphatic rings. The highest BCUT2D eigenvalue weighted by atomic mass is 35.5. The summed E-state index contributed by atoms with van der Waals surface area (Å²) in [6, 6.07) is 22.8. The molecule has 31 heavy (non-hydrogen) atoms. The minimum atomic E-state index is -1.03. The summed E-state index contributed by atoms with van der Waals surface area (Å²) < 4.78 is 0. The number of nitrogens with zero attached hydrogens (tertiary/aromatic N) is 2. The molecule has 0 aliphatic carbocycles. The number of aryl methyl sites for hydroxylation is 1. The zero-order valence-corrected chi connectivity index (χ0v) is 18.6. The minimum absolute atomic E-state index is 0.0539. The Hall–Kier alpha value is -2.76. The van der Waals surface area contributed by atoms with Gasteiger partial charge in [0.2, 0.25) is 0 Å². The standard InChI is InChI=1S/C25H21ClN2O2S/c1-17-6-2-3-7-19(17)16-27-22-9-5-4-8-21(22)25(24(27)30)28(14-15-31-25)23(29)18-10-12-20(26)13-11-18/h2-13H,14-16H2,1H3/t25-/m0/s1. The topological polar surface area (TPSA) is 40.6 Å². The fraction of sp³-hybridized carbons (Fsp3) is 0.200. The zero-order chi connectivity index (χ0) is 21.6. The summed E-state index contributed by atoms with van der Waals surface area (Å²) in [7, 11) is 0.